The molecule has 0 aromatic carbocycles. The van der Waals surface area contributed by atoms with Crippen LogP contribution in [0.1, 0.15) is 17.4 Å². The molecule has 0 fully saturated rings. The highest BCUT2D eigenvalue weighted by molar-refractivity contribution is 5.35. The van der Waals surface area contributed by atoms with Gasteiger partial charge in [-0.1, -0.05) is 0 Å². The van der Waals surface area contributed by atoms with Crippen LogP contribution in [-0.2, 0) is 0 Å². The molecule has 78 valence electrons. The maximum Gasteiger partial charge on any atom is 0.339 e. The molecule has 0 aliphatic carbocycles. The molecule has 1 rings (SSSR count). The van der Waals surface area contributed by atoms with E-state index in [4.69, 9.17) is 14.3 Å². The second-order valence-electron chi connectivity index (χ2n) is 2.80. The van der Waals surface area contributed by atoms with E-state index in [9.17, 15) is 9.90 Å². The molecular formula is C9H12O5. The van der Waals surface area contributed by atoms with Crippen molar-refractivity contribution in [2.24, 2.45) is 0 Å². The first-order valence-corrected chi connectivity index (χ1v) is 4.07. The summed E-state index contributed by atoms with van der Waals surface area (Å²) in [7, 11) is 1.38. The zero-order chi connectivity index (χ0) is 10.7. The Bertz CT molecular complexity index is 368. The van der Waals surface area contributed by atoms with E-state index in [-0.39, 0.29) is 11.5 Å². The number of aliphatic hydroxyl groups is 2. The van der Waals surface area contributed by atoms with Crippen LogP contribution in [0.15, 0.2) is 15.3 Å². The van der Waals surface area contributed by atoms with E-state index in [1.54, 1.807) is 0 Å². The Morgan fingerprint density at radius 2 is 2.29 bits per heavy atom. The van der Waals surface area contributed by atoms with Crippen molar-refractivity contribution in [1.29, 1.82) is 0 Å². The SMILES string of the molecule is COc1cc(=O)oc(C)c1[C@H](O)CO. The van der Waals surface area contributed by atoms with Crippen LogP contribution in [0.4, 0.5) is 0 Å². The average Bonchev–Trinajstić information content (AvgIpc) is 2.15. The summed E-state index contributed by atoms with van der Waals surface area (Å²) in [5.74, 6) is 0.469. The van der Waals surface area contributed by atoms with Crippen molar-refractivity contribution in [3.8, 4) is 5.75 Å². The molecule has 14 heavy (non-hydrogen) atoms. The van der Waals surface area contributed by atoms with Gasteiger partial charge in [0.15, 0.2) is 0 Å². The van der Waals surface area contributed by atoms with Gasteiger partial charge >= 0.3 is 5.63 Å². The van der Waals surface area contributed by atoms with Gasteiger partial charge in [0.1, 0.15) is 17.6 Å². The number of methoxy groups -OCH3 is 1. The van der Waals surface area contributed by atoms with Crippen LogP contribution in [0.25, 0.3) is 0 Å². The van der Waals surface area contributed by atoms with Gasteiger partial charge in [-0.15, -0.1) is 0 Å². The highest BCUT2D eigenvalue weighted by Gasteiger charge is 2.17. The quantitative estimate of drug-likeness (QED) is 0.716. The molecule has 1 aromatic heterocycles. The predicted octanol–water partition coefficient (Wildman–Crippen LogP) is -0.0175. The Labute approximate surface area is 80.6 Å². The van der Waals surface area contributed by atoms with Gasteiger partial charge in [0.2, 0.25) is 0 Å². The molecule has 0 saturated carbocycles. The highest BCUT2D eigenvalue weighted by Crippen LogP contribution is 2.26. The summed E-state index contributed by atoms with van der Waals surface area (Å²) < 4.78 is 9.67. The van der Waals surface area contributed by atoms with E-state index in [1.807, 2.05) is 0 Å². The number of ether oxygens (including phenoxy) is 1. The lowest BCUT2D eigenvalue weighted by molar-refractivity contribution is 0.0903. The fraction of sp³-hybridized carbons (Fsp3) is 0.444. The molecule has 2 N–H and O–H groups in total. The van der Waals surface area contributed by atoms with Crippen molar-refractivity contribution in [3.63, 3.8) is 0 Å². The number of hydrogen-bond donors (Lipinski definition) is 2. The Morgan fingerprint density at radius 1 is 1.64 bits per heavy atom. The largest absolute Gasteiger partial charge is 0.496 e. The van der Waals surface area contributed by atoms with Crippen molar-refractivity contribution in [1.82, 2.24) is 0 Å². The molecule has 1 heterocycles. The molecule has 5 nitrogen and oxygen atoms in total. The van der Waals surface area contributed by atoms with Gasteiger partial charge in [-0.05, 0) is 6.92 Å². The van der Waals surface area contributed by atoms with Crippen molar-refractivity contribution >= 4 is 0 Å². The first-order valence-electron chi connectivity index (χ1n) is 4.07. The fourth-order valence-electron chi connectivity index (χ4n) is 1.25. The van der Waals surface area contributed by atoms with Crippen molar-refractivity contribution in [2.45, 2.75) is 13.0 Å². The lowest BCUT2D eigenvalue weighted by Crippen LogP contribution is -2.11. The third-order valence-corrected chi connectivity index (χ3v) is 1.87. The van der Waals surface area contributed by atoms with Crippen LogP contribution in [0, 0.1) is 6.92 Å². The second-order valence-corrected chi connectivity index (χ2v) is 2.80. The minimum absolute atomic E-state index is 0.223. The highest BCUT2D eigenvalue weighted by atomic mass is 16.5. The van der Waals surface area contributed by atoms with Gasteiger partial charge in [0, 0.05) is 0 Å². The fourth-order valence-corrected chi connectivity index (χ4v) is 1.25. The molecule has 0 amide bonds. The lowest BCUT2D eigenvalue weighted by Gasteiger charge is -2.13. The smallest absolute Gasteiger partial charge is 0.339 e. The van der Waals surface area contributed by atoms with Gasteiger partial charge in [-0.3, -0.25) is 0 Å². The topological polar surface area (TPSA) is 79.9 Å². The van der Waals surface area contributed by atoms with Crippen molar-refractivity contribution in [3.05, 3.63) is 27.8 Å². The van der Waals surface area contributed by atoms with E-state index >= 15 is 0 Å². The Balaban J connectivity index is 3.32. The van der Waals surface area contributed by atoms with E-state index in [1.165, 1.54) is 14.0 Å². The van der Waals surface area contributed by atoms with Gasteiger partial charge in [-0.25, -0.2) is 4.79 Å². The van der Waals surface area contributed by atoms with Crippen LogP contribution < -0.4 is 10.4 Å². The molecule has 0 aliphatic rings. The maximum atomic E-state index is 10.9. The second kappa shape index (κ2) is 4.26. The van der Waals surface area contributed by atoms with Crippen LogP contribution in [0.3, 0.4) is 0 Å². The third kappa shape index (κ3) is 1.94. The van der Waals surface area contributed by atoms with Crippen LogP contribution in [0.2, 0.25) is 0 Å². The molecule has 0 radical (unpaired) electrons. The molecule has 1 atom stereocenters. The molecule has 0 saturated heterocycles. The number of rotatable bonds is 3. The summed E-state index contributed by atoms with van der Waals surface area (Å²) in [6, 6.07) is 1.13. The normalized spacial score (nSPS) is 12.6. The number of aliphatic hydroxyl groups excluding tert-OH is 2. The maximum absolute atomic E-state index is 10.9. The summed E-state index contributed by atoms with van der Waals surface area (Å²) >= 11 is 0. The first kappa shape index (κ1) is 10.7. The molecule has 0 bridgehead atoms. The monoisotopic (exact) mass is 200 g/mol. The number of aryl methyl sites for hydroxylation is 1. The average molecular weight is 200 g/mol. The van der Waals surface area contributed by atoms with Crippen LogP contribution in [0.5, 0.6) is 5.75 Å². The molecule has 0 spiro atoms. The summed E-state index contributed by atoms with van der Waals surface area (Å²) in [5.41, 5.74) is -0.247. The lowest BCUT2D eigenvalue weighted by atomic mass is 10.1. The Morgan fingerprint density at radius 3 is 2.79 bits per heavy atom. The Kier molecular flexibility index (Phi) is 3.27. The van der Waals surface area contributed by atoms with Gasteiger partial charge in [-0.2, -0.15) is 0 Å². The van der Waals surface area contributed by atoms with Crippen molar-refractivity contribution < 1.29 is 19.4 Å². The standard InChI is InChI=1S/C9H12O5/c1-5-9(6(11)4-10)7(13-2)3-8(12)14-5/h3,6,10-11H,4H2,1-2H3/t6-/m1/s1. The molecule has 0 aliphatic heterocycles. The summed E-state index contributed by atoms with van der Waals surface area (Å²) in [5, 5.41) is 18.2. The number of hydrogen-bond acceptors (Lipinski definition) is 5. The minimum Gasteiger partial charge on any atom is -0.496 e. The van der Waals surface area contributed by atoms with E-state index < -0.39 is 18.3 Å². The van der Waals surface area contributed by atoms with Crippen molar-refractivity contribution in [2.75, 3.05) is 13.7 Å². The van der Waals surface area contributed by atoms with Crippen LogP contribution in [-0.4, -0.2) is 23.9 Å². The summed E-state index contributed by atoms with van der Waals surface area (Å²) in [6.45, 7) is 1.07. The Hall–Kier alpha value is -1.33. The minimum atomic E-state index is -1.10. The molecule has 5 heteroatoms. The van der Waals surface area contributed by atoms with Gasteiger partial charge < -0.3 is 19.4 Å². The van der Waals surface area contributed by atoms with E-state index in [2.05, 4.69) is 0 Å². The van der Waals surface area contributed by atoms with E-state index in [0.29, 0.717) is 5.56 Å². The van der Waals surface area contributed by atoms with Crippen LogP contribution >= 0.6 is 0 Å². The summed E-state index contributed by atoms with van der Waals surface area (Å²) in [4.78, 5) is 10.9. The predicted molar refractivity (Wildman–Crippen MR) is 48.3 cm³/mol. The molecular weight excluding hydrogens is 188 g/mol. The zero-order valence-corrected chi connectivity index (χ0v) is 7.98. The zero-order valence-electron chi connectivity index (χ0n) is 7.98. The van der Waals surface area contributed by atoms with E-state index in [0.717, 1.165) is 6.07 Å². The first-order chi connectivity index (χ1) is 6.60. The van der Waals surface area contributed by atoms with Gasteiger partial charge in [0.25, 0.3) is 0 Å². The third-order valence-electron chi connectivity index (χ3n) is 1.87. The van der Waals surface area contributed by atoms with Gasteiger partial charge in [0.05, 0.1) is 25.3 Å². The summed E-state index contributed by atoms with van der Waals surface area (Å²) in [6.07, 6.45) is -1.10. The molecule has 1 aromatic rings. The molecule has 0 unspecified atom stereocenters.